The van der Waals surface area contributed by atoms with E-state index in [0.29, 0.717) is 16.9 Å². The van der Waals surface area contributed by atoms with Crippen LogP contribution in [0.3, 0.4) is 0 Å². The summed E-state index contributed by atoms with van der Waals surface area (Å²) in [5.41, 5.74) is -0.0245. The molecule has 2 rings (SSSR count). The summed E-state index contributed by atoms with van der Waals surface area (Å²) in [6.07, 6.45) is -2.40. The highest BCUT2D eigenvalue weighted by molar-refractivity contribution is 7.92. The Balaban J connectivity index is 2.48. The molecule has 0 saturated carbocycles. The van der Waals surface area contributed by atoms with Gasteiger partial charge in [0.2, 0.25) is 21.8 Å². The van der Waals surface area contributed by atoms with Gasteiger partial charge in [-0.3, -0.25) is 13.9 Å². The van der Waals surface area contributed by atoms with Crippen molar-refractivity contribution in [2.45, 2.75) is 52.4 Å². The van der Waals surface area contributed by atoms with Crippen molar-refractivity contribution in [2.24, 2.45) is 0 Å². The van der Waals surface area contributed by atoms with Gasteiger partial charge < -0.3 is 10.2 Å². The molecule has 204 valence electrons. The number of sulfonamides is 1. The summed E-state index contributed by atoms with van der Waals surface area (Å²) in [5, 5.41) is 2.48. The minimum atomic E-state index is -4.76. The number of aryl methyl sites for hydroxylation is 1. The fraction of sp³-hybridized carbons (Fsp3) is 0.440. The first-order valence-electron chi connectivity index (χ1n) is 11.6. The Hall–Kier alpha value is -2.79. The predicted molar refractivity (Wildman–Crippen MR) is 138 cm³/mol. The van der Waals surface area contributed by atoms with E-state index in [2.05, 4.69) is 5.32 Å². The molecule has 0 bridgehead atoms. The molecule has 2 aromatic rings. The molecule has 2 aromatic carbocycles. The van der Waals surface area contributed by atoms with Crippen LogP contribution in [-0.4, -0.2) is 50.5 Å². The van der Waals surface area contributed by atoms with Crippen molar-refractivity contribution < 1.29 is 31.2 Å². The third-order valence-corrected chi connectivity index (χ3v) is 7.27. The molecule has 0 spiro atoms. The monoisotopic (exact) mass is 561 g/mol. The molecule has 7 nitrogen and oxygen atoms in total. The number of benzene rings is 2. The van der Waals surface area contributed by atoms with E-state index in [9.17, 15) is 31.2 Å². The van der Waals surface area contributed by atoms with Crippen LogP contribution in [0.25, 0.3) is 0 Å². The molecular weight excluding hydrogens is 531 g/mol. The Morgan fingerprint density at radius 3 is 2.35 bits per heavy atom. The Labute approximate surface area is 220 Å². The summed E-state index contributed by atoms with van der Waals surface area (Å²) in [5.74, 6) is -1.21. The van der Waals surface area contributed by atoms with Gasteiger partial charge in [-0.05, 0) is 49.6 Å². The Morgan fingerprint density at radius 2 is 1.78 bits per heavy atom. The number of alkyl halides is 3. The van der Waals surface area contributed by atoms with E-state index >= 15 is 0 Å². The molecule has 12 heteroatoms. The summed E-state index contributed by atoms with van der Waals surface area (Å²) in [7, 11) is -4.24. The number of unbranched alkanes of at least 4 members (excludes halogenated alkanes) is 1. The number of hydrogen-bond acceptors (Lipinski definition) is 4. The lowest BCUT2D eigenvalue weighted by Gasteiger charge is -2.32. The van der Waals surface area contributed by atoms with Crippen LogP contribution >= 0.6 is 11.6 Å². The SMILES string of the molecule is CCCCNC(=O)[C@@H](C)N(Cc1ccccc1C)C(=O)CN(c1cc(C(F)(F)F)ccc1Cl)S(C)(=O)=O. The van der Waals surface area contributed by atoms with E-state index in [1.165, 1.54) is 11.8 Å². The van der Waals surface area contributed by atoms with E-state index in [-0.39, 0.29) is 11.6 Å². The fourth-order valence-corrected chi connectivity index (χ4v) is 4.69. The van der Waals surface area contributed by atoms with Crippen LogP contribution in [0.4, 0.5) is 18.9 Å². The maximum Gasteiger partial charge on any atom is 0.416 e. The van der Waals surface area contributed by atoms with Gasteiger partial charge in [-0.2, -0.15) is 13.2 Å². The van der Waals surface area contributed by atoms with Gasteiger partial charge in [-0.15, -0.1) is 0 Å². The highest BCUT2D eigenvalue weighted by atomic mass is 35.5. The number of anilines is 1. The van der Waals surface area contributed by atoms with Crippen LogP contribution in [-0.2, 0) is 32.3 Å². The Kier molecular flexibility index (Phi) is 10.4. The van der Waals surface area contributed by atoms with Crippen molar-refractivity contribution in [1.82, 2.24) is 10.2 Å². The number of rotatable bonds is 11. The van der Waals surface area contributed by atoms with Crippen molar-refractivity contribution in [3.63, 3.8) is 0 Å². The summed E-state index contributed by atoms with van der Waals surface area (Å²) in [4.78, 5) is 27.6. The third kappa shape index (κ3) is 8.36. The molecular formula is C25H31ClF3N3O4S. The lowest BCUT2D eigenvalue weighted by Crippen LogP contribution is -2.51. The van der Waals surface area contributed by atoms with E-state index in [0.717, 1.165) is 42.4 Å². The van der Waals surface area contributed by atoms with Gasteiger partial charge in [0.15, 0.2) is 0 Å². The zero-order valence-corrected chi connectivity index (χ0v) is 22.7. The van der Waals surface area contributed by atoms with E-state index in [1.54, 1.807) is 12.1 Å². The van der Waals surface area contributed by atoms with Gasteiger partial charge in [0.05, 0.1) is 22.5 Å². The predicted octanol–water partition coefficient (Wildman–Crippen LogP) is 4.77. The lowest BCUT2D eigenvalue weighted by atomic mass is 10.1. The number of carbonyl (C=O) groups is 2. The lowest BCUT2D eigenvalue weighted by molar-refractivity contribution is -0.139. The average molecular weight is 562 g/mol. The van der Waals surface area contributed by atoms with Gasteiger partial charge in [-0.1, -0.05) is 49.2 Å². The van der Waals surface area contributed by atoms with Gasteiger partial charge in [0.25, 0.3) is 0 Å². The van der Waals surface area contributed by atoms with E-state index in [4.69, 9.17) is 11.6 Å². The molecule has 0 radical (unpaired) electrons. The zero-order chi connectivity index (χ0) is 28.0. The summed E-state index contributed by atoms with van der Waals surface area (Å²) < 4.78 is 65.8. The average Bonchev–Trinajstić information content (AvgIpc) is 2.80. The number of carbonyl (C=O) groups excluding carboxylic acids is 2. The highest BCUT2D eigenvalue weighted by Crippen LogP contribution is 2.36. The van der Waals surface area contributed by atoms with Crippen molar-refractivity contribution in [1.29, 1.82) is 0 Å². The van der Waals surface area contributed by atoms with Gasteiger partial charge in [0, 0.05) is 13.1 Å². The number of amides is 2. The maximum atomic E-state index is 13.5. The molecule has 1 N–H and O–H groups in total. The molecule has 0 heterocycles. The zero-order valence-electron chi connectivity index (χ0n) is 21.1. The first kappa shape index (κ1) is 30.4. The largest absolute Gasteiger partial charge is 0.416 e. The van der Waals surface area contributed by atoms with Crippen LogP contribution in [0, 0.1) is 6.92 Å². The molecule has 0 aromatic heterocycles. The first-order valence-corrected chi connectivity index (χ1v) is 13.9. The molecule has 0 aliphatic carbocycles. The summed E-state index contributed by atoms with van der Waals surface area (Å²) >= 11 is 6.08. The van der Waals surface area contributed by atoms with Gasteiger partial charge >= 0.3 is 6.18 Å². The van der Waals surface area contributed by atoms with Crippen LogP contribution in [0.15, 0.2) is 42.5 Å². The number of nitrogens with one attached hydrogen (secondary N) is 1. The van der Waals surface area contributed by atoms with Crippen molar-refractivity contribution in [2.75, 3.05) is 23.7 Å². The van der Waals surface area contributed by atoms with Crippen LogP contribution in [0.2, 0.25) is 5.02 Å². The first-order chi connectivity index (χ1) is 17.2. The number of halogens is 4. The van der Waals surface area contributed by atoms with Crippen molar-refractivity contribution in [3.05, 3.63) is 64.2 Å². The maximum absolute atomic E-state index is 13.5. The Bertz CT molecular complexity index is 1220. The van der Waals surface area contributed by atoms with Gasteiger partial charge in [-0.25, -0.2) is 8.42 Å². The third-order valence-electron chi connectivity index (χ3n) is 5.82. The van der Waals surface area contributed by atoms with E-state index < -0.39 is 51.9 Å². The summed E-state index contributed by atoms with van der Waals surface area (Å²) in [6.45, 7) is 4.85. The quantitative estimate of drug-likeness (QED) is 0.401. The summed E-state index contributed by atoms with van der Waals surface area (Å²) in [6, 6.07) is 8.43. The topological polar surface area (TPSA) is 86.8 Å². The van der Waals surface area contributed by atoms with E-state index in [1.807, 2.05) is 26.0 Å². The molecule has 0 aliphatic heterocycles. The van der Waals surface area contributed by atoms with Crippen LogP contribution in [0.5, 0.6) is 0 Å². The van der Waals surface area contributed by atoms with Crippen LogP contribution < -0.4 is 9.62 Å². The normalized spacial score (nSPS) is 12.6. The molecule has 0 saturated heterocycles. The van der Waals surface area contributed by atoms with Gasteiger partial charge in [0.1, 0.15) is 12.6 Å². The smallest absolute Gasteiger partial charge is 0.354 e. The Morgan fingerprint density at radius 1 is 1.14 bits per heavy atom. The molecule has 37 heavy (non-hydrogen) atoms. The molecule has 0 fully saturated rings. The van der Waals surface area contributed by atoms with Crippen molar-refractivity contribution >= 4 is 39.1 Å². The minimum Gasteiger partial charge on any atom is -0.354 e. The fourth-order valence-electron chi connectivity index (χ4n) is 3.56. The van der Waals surface area contributed by atoms with Crippen LogP contribution in [0.1, 0.15) is 43.4 Å². The molecule has 1 atom stereocenters. The highest BCUT2D eigenvalue weighted by Gasteiger charge is 2.34. The second kappa shape index (κ2) is 12.6. The number of nitrogens with zero attached hydrogens (tertiary/aromatic N) is 2. The second-order valence-corrected chi connectivity index (χ2v) is 11.0. The number of hydrogen-bond donors (Lipinski definition) is 1. The standard InChI is InChI=1S/C25H31ClF3N3O4S/c1-5-6-13-30-24(34)18(3)31(15-19-10-8-7-9-17(19)2)23(33)16-32(37(4,35)36)22-14-20(25(27,28)29)11-12-21(22)26/h7-12,14,18H,5-6,13,15-16H2,1-4H3,(H,30,34)/t18-/m1/s1. The minimum absolute atomic E-state index is 0.0121. The van der Waals surface area contributed by atoms with Crippen molar-refractivity contribution in [3.8, 4) is 0 Å². The molecule has 0 aliphatic rings. The molecule has 0 unspecified atom stereocenters. The molecule has 2 amide bonds. The second-order valence-electron chi connectivity index (χ2n) is 8.70.